The molecule has 1 N–H and O–H groups in total. The van der Waals surface area contributed by atoms with Gasteiger partial charge in [0.1, 0.15) is 0 Å². The van der Waals surface area contributed by atoms with E-state index in [-0.39, 0.29) is 17.3 Å². The third kappa shape index (κ3) is 1.71. The fraction of sp³-hybridized carbons (Fsp3) is 0.556. The molecule has 1 unspecified atom stereocenters. The van der Waals surface area contributed by atoms with Gasteiger partial charge >= 0.3 is 5.69 Å². The Kier molecular flexibility index (Phi) is 2.70. The van der Waals surface area contributed by atoms with Crippen molar-refractivity contribution in [3.63, 3.8) is 0 Å². The van der Waals surface area contributed by atoms with Crippen molar-refractivity contribution in [3.8, 4) is 0 Å². The maximum absolute atomic E-state index is 11.5. The quantitative estimate of drug-likeness (QED) is 0.736. The van der Waals surface area contributed by atoms with Gasteiger partial charge in [-0.3, -0.25) is 9.36 Å². The summed E-state index contributed by atoms with van der Waals surface area (Å²) in [7, 11) is 0. The zero-order chi connectivity index (χ0) is 10.0. The highest BCUT2D eigenvalue weighted by Crippen LogP contribution is 2.02. The smallest absolute Gasteiger partial charge is 0.314 e. The molecule has 0 aliphatic rings. The third-order valence-electron chi connectivity index (χ3n) is 2.22. The predicted molar refractivity (Wildman–Crippen MR) is 51.1 cm³/mol. The minimum Gasteiger partial charge on any atom is -0.314 e. The molecule has 4 heteroatoms. The van der Waals surface area contributed by atoms with Crippen LogP contribution in [0.4, 0.5) is 0 Å². The molecule has 1 aromatic rings. The van der Waals surface area contributed by atoms with Crippen molar-refractivity contribution in [2.75, 3.05) is 0 Å². The lowest BCUT2D eigenvalue weighted by Crippen LogP contribution is -2.37. The second-order valence-electron chi connectivity index (χ2n) is 3.21. The molecule has 1 aromatic heterocycles. The van der Waals surface area contributed by atoms with E-state index in [0.717, 1.165) is 6.42 Å². The zero-order valence-electron chi connectivity index (χ0n) is 8.13. The predicted octanol–water partition coefficient (Wildman–Crippen LogP) is 0.816. The van der Waals surface area contributed by atoms with Gasteiger partial charge in [-0.15, -0.1) is 0 Å². The van der Waals surface area contributed by atoms with Crippen LogP contribution in [0.3, 0.4) is 0 Å². The van der Waals surface area contributed by atoms with Crippen molar-refractivity contribution in [2.24, 2.45) is 0 Å². The molecule has 0 aromatic carbocycles. The van der Waals surface area contributed by atoms with Crippen LogP contribution in [0, 0.1) is 6.92 Å². The first-order valence-corrected chi connectivity index (χ1v) is 4.38. The molecule has 0 amide bonds. The lowest BCUT2D eigenvalue weighted by atomic mass is 10.2. The monoisotopic (exact) mass is 182 g/mol. The first-order chi connectivity index (χ1) is 6.07. The van der Waals surface area contributed by atoms with E-state index in [9.17, 15) is 9.59 Å². The fourth-order valence-electron chi connectivity index (χ4n) is 1.17. The summed E-state index contributed by atoms with van der Waals surface area (Å²) < 4.78 is 1.26. The highest BCUT2D eigenvalue weighted by molar-refractivity contribution is 5.01. The van der Waals surface area contributed by atoms with E-state index in [1.165, 1.54) is 10.8 Å². The Balaban J connectivity index is 3.43. The molecular formula is C9H14N2O2. The van der Waals surface area contributed by atoms with Crippen molar-refractivity contribution < 1.29 is 0 Å². The zero-order valence-corrected chi connectivity index (χ0v) is 8.13. The van der Waals surface area contributed by atoms with Crippen LogP contribution < -0.4 is 11.2 Å². The Morgan fingerprint density at radius 1 is 1.54 bits per heavy atom. The SMILES string of the molecule is CCC(C)n1c(=O)[nH]cc(C)c1=O. The summed E-state index contributed by atoms with van der Waals surface area (Å²) in [4.78, 5) is 25.4. The minimum atomic E-state index is -0.329. The number of rotatable bonds is 2. The number of hydrogen-bond acceptors (Lipinski definition) is 2. The van der Waals surface area contributed by atoms with Crippen molar-refractivity contribution in [2.45, 2.75) is 33.2 Å². The highest BCUT2D eigenvalue weighted by atomic mass is 16.2. The van der Waals surface area contributed by atoms with Crippen LogP contribution in [0.5, 0.6) is 0 Å². The summed E-state index contributed by atoms with van der Waals surface area (Å²) in [5.74, 6) is 0. The summed E-state index contributed by atoms with van der Waals surface area (Å²) in [5.41, 5.74) is 0.0444. The van der Waals surface area contributed by atoms with E-state index >= 15 is 0 Å². The average Bonchev–Trinajstić information content (AvgIpc) is 2.12. The van der Waals surface area contributed by atoms with Crippen LogP contribution in [0.2, 0.25) is 0 Å². The number of hydrogen-bond donors (Lipinski definition) is 1. The van der Waals surface area contributed by atoms with Gasteiger partial charge in [-0.2, -0.15) is 0 Å². The lowest BCUT2D eigenvalue weighted by molar-refractivity contribution is 0.487. The molecule has 1 atom stereocenters. The molecular weight excluding hydrogens is 168 g/mol. The Morgan fingerprint density at radius 3 is 2.69 bits per heavy atom. The largest absolute Gasteiger partial charge is 0.328 e. The van der Waals surface area contributed by atoms with Crippen molar-refractivity contribution >= 4 is 0 Å². The molecule has 13 heavy (non-hydrogen) atoms. The van der Waals surface area contributed by atoms with Gasteiger partial charge in [-0.05, 0) is 20.3 Å². The number of aromatic nitrogens is 2. The van der Waals surface area contributed by atoms with Gasteiger partial charge in [0.05, 0.1) is 0 Å². The average molecular weight is 182 g/mol. The first-order valence-electron chi connectivity index (χ1n) is 4.38. The first kappa shape index (κ1) is 9.77. The van der Waals surface area contributed by atoms with Gasteiger partial charge in [0, 0.05) is 17.8 Å². The molecule has 0 aliphatic heterocycles. The molecule has 0 aliphatic carbocycles. The van der Waals surface area contributed by atoms with Crippen LogP contribution in [0.1, 0.15) is 31.9 Å². The summed E-state index contributed by atoms with van der Waals surface area (Å²) in [5, 5.41) is 0. The van der Waals surface area contributed by atoms with Crippen LogP contribution in [-0.4, -0.2) is 9.55 Å². The standard InChI is InChI=1S/C9H14N2O2/c1-4-7(3)11-8(12)6(2)5-10-9(11)13/h5,7H,4H2,1-3H3,(H,10,13). The molecule has 1 heterocycles. The Labute approximate surface area is 76.2 Å². The van der Waals surface area contributed by atoms with Crippen LogP contribution in [0.15, 0.2) is 15.8 Å². The Hall–Kier alpha value is -1.32. The van der Waals surface area contributed by atoms with Crippen LogP contribution in [-0.2, 0) is 0 Å². The lowest BCUT2D eigenvalue weighted by Gasteiger charge is -2.11. The molecule has 0 saturated carbocycles. The summed E-state index contributed by atoms with van der Waals surface area (Å²) >= 11 is 0. The molecule has 0 bridgehead atoms. The molecule has 0 spiro atoms. The molecule has 72 valence electrons. The highest BCUT2D eigenvalue weighted by Gasteiger charge is 2.08. The van der Waals surface area contributed by atoms with Crippen LogP contribution in [0.25, 0.3) is 0 Å². The molecule has 0 saturated heterocycles. The van der Waals surface area contributed by atoms with Gasteiger partial charge in [0.2, 0.25) is 0 Å². The minimum absolute atomic E-state index is 0.0452. The van der Waals surface area contributed by atoms with Gasteiger partial charge in [-0.25, -0.2) is 4.79 Å². The van der Waals surface area contributed by atoms with Crippen molar-refractivity contribution in [1.82, 2.24) is 9.55 Å². The maximum Gasteiger partial charge on any atom is 0.328 e. The number of H-pyrrole nitrogens is 1. The second-order valence-corrected chi connectivity index (χ2v) is 3.21. The number of nitrogens with one attached hydrogen (secondary N) is 1. The topological polar surface area (TPSA) is 54.9 Å². The van der Waals surface area contributed by atoms with E-state index in [2.05, 4.69) is 4.98 Å². The van der Waals surface area contributed by atoms with Crippen molar-refractivity contribution in [1.29, 1.82) is 0 Å². The second kappa shape index (κ2) is 3.60. The number of aryl methyl sites for hydroxylation is 1. The van der Waals surface area contributed by atoms with Crippen LogP contribution >= 0.6 is 0 Å². The van der Waals surface area contributed by atoms with Crippen molar-refractivity contribution in [3.05, 3.63) is 32.6 Å². The third-order valence-corrected chi connectivity index (χ3v) is 2.22. The van der Waals surface area contributed by atoms with Gasteiger partial charge in [0.15, 0.2) is 0 Å². The number of aromatic amines is 1. The van der Waals surface area contributed by atoms with E-state index < -0.39 is 0 Å². The van der Waals surface area contributed by atoms with Gasteiger partial charge < -0.3 is 4.98 Å². The van der Waals surface area contributed by atoms with E-state index in [1.807, 2.05) is 13.8 Å². The van der Waals surface area contributed by atoms with Gasteiger partial charge in [-0.1, -0.05) is 6.92 Å². The number of nitrogens with zero attached hydrogens (tertiary/aromatic N) is 1. The molecule has 1 rings (SSSR count). The molecule has 0 fully saturated rings. The Bertz CT molecular complexity index is 403. The molecule has 0 radical (unpaired) electrons. The van der Waals surface area contributed by atoms with E-state index in [0.29, 0.717) is 5.56 Å². The van der Waals surface area contributed by atoms with Gasteiger partial charge in [0.25, 0.3) is 5.56 Å². The normalized spacial score (nSPS) is 12.8. The molecule has 4 nitrogen and oxygen atoms in total. The van der Waals surface area contributed by atoms with E-state index in [4.69, 9.17) is 0 Å². The maximum atomic E-state index is 11.5. The van der Waals surface area contributed by atoms with E-state index in [1.54, 1.807) is 6.92 Å². The fourth-order valence-corrected chi connectivity index (χ4v) is 1.17. The summed E-state index contributed by atoms with van der Waals surface area (Å²) in [6.45, 7) is 5.49. The summed E-state index contributed by atoms with van der Waals surface area (Å²) in [6.07, 6.45) is 2.22. The summed E-state index contributed by atoms with van der Waals surface area (Å²) in [6, 6.07) is -0.0452. The Morgan fingerprint density at radius 2 is 2.15 bits per heavy atom.